The highest BCUT2D eigenvalue weighted by atomic mass is 35.5. The average molecular weight is 505 g/mol. The minimum atomic E-state index is -4.51. The number of sulfonamides is 1. The molecule has 0 saturated carbocycles. The van der Waals surface area contributed by atoms with Gasteiger partial charge >= 0.3 is 6.18 Å². The summed E-state index contributed by atoms with van der Waals surface area (Å²) in [7, 11) is -2.36. The highest BCUT2D eigenvalue weighted by molar-refractivity contribution is 7.92. The van der Waals surface area contributed by atoms with Crippen LogP contribution in [0.25, 0.3) is 10.9 Å². The average Bonchev–Trinajstić information content (AvgIpc) is 3.31. The van der Waals surface area contributed by atoms with Gasteiger partial charge in [0.05, 0.1) is 16.0 Å². The number of halogens is 4. The lowest BCUT2D eigenvalue weighted by molar-refractivity contribution is -0.137. The molecule has 1 aliphatic heterocycles. The molecule has 0 fully saturated rings. The zero-order valence-corrected chi connectivity index (χ0v) is 19.8. The Kier molecular flexibility index (Phi) is 5.22. The van der Waals surface area contributed by atoms with E-state index in [2.05, 4.69) is 0 Å². The van der Waals surface area contributed by atoms with Gasteiger partial charge in [0.15, 0.2) is 0 Å². The van der Waals surface area contributed by atoms with Crippen molar-refractivity contribution in [2.24, 2.45) is 7.05 Å². The molecule has 0 spiro atoms. The van der Waals surface area contributed by atoms with E-state index >= 15 is 0 Å². The zero-order chi connectivity index (χ0) is 24.4. The van der Waals surface area contributed by atoms with Crippen molar-refractivity contribution in [2.75, 3.05) is 10.8 Å². The number of alkyl halides is 3. The Morgan fingerprint density at radius 3 is 2.24 bits per heavy atom. The van der Waals surface area contributed by atoms with E-state index in [0.29, 0.717) is 27.3 Å². The highest BCUT2D eigenvalue weighted by Gasteiger charge is 2.42. The molecular weight excluding hydrogens is 485 g/mol. The van der Waals surface area contributed by atoms with Gasteiger partial charge in [0, 0.05) is 35.5 Å². The first-order valence-electron chi connectivity index (χ1n) is 10.5. The summed E-state index contributed by atoms with van der Waals surface area (Å²) in [6.45, 7) is 2.00. The summed E-state index contributed by atoms with van der Waals surface area (Å²) in [5, 5.41) is 1.13. The summed E-state index contributed by atoms with van der Waals surface area (Å²) < 4.78 is 70.5. The zero-order valence-electron chi connectivity index (χ0n) is 18.3. The van der Waals surface area contributed by atoms with E-state index in [4.69, 9.17) is 11.6 Å². The van der Waals surface area contributed by atoms with Crippen LogP contribution in [0.1, 0.15) is 28.2 Å². The van der Waals surface area contributed by atoms with Crippen molar-refractivity contribution >= 4 is 38.3 Å². The molecule has 3 aromatic carbocycles. The molecule has 5 rings (SSSR count). The maximum Gasteiger partial charge on any atom is 0.416 e. The van der Waals surface area contributed by atoms with Gasteiger partial charge in [-0.15, -0.1) is 0 Å². The number of nitrogens with zero attached hydrogens (tertiary/aromatic N) is 2. The third-order valence-electron chi connectivity index (χ3n) is 6.35. The standard InChI is InChI=1S/C25H20ClF3N2O2S/c1-15-3-10-19(11-4-15)34(32,33)31-14-21(16-5-8-18(26)9-6-16)23-20-12-7-17(25(27,28)29)13-22(20)30(2)24(23)31/h3-13,21H,14H2,1-2H3. The number of fused-ring (bicyclic) bond motifs is 3. The molecule has 0 radical (unpaired) electrons. The number of hydrogen-bond donors (Lipinski definition) is 0. The molecule has 0 bridgehead atoms. The van der Waals surface area contributed by atoms with E-state index in [0.717, 1.165) is 23.3 Å². The third-order valence-corrected chi connectivity index (χ3v) is 8.37. The molecule has 0 N–H and O–H groups in total. The van der Waals surface area contributed by atoms with E-state index in [-0.39, 0.29) is 17.4 Å². The normalized spacial score (nSPS) is 16.3. The maximum atomic E-state index is 13.7. The number of benzene rings is 3. The molecule has 1 unspecified atom stereocenters. The summed E-state index contributed by atoms with van der Waals surface area (Å²) in [5.41, 5.74) is 1.98. The van der Waals surface area contributed by atoms with Crippen LogP contribution in [0, 0.1) is 6.92 Å². The van der Waals surface area contributed by atoms with Gasteiger partial charge in [-0.05, 0) is 48.9 Å². The fourth-order valence-electron chi connectivity index (χ4n) is 4.63. The minimum Gasteiger partial charge on any atom is -0.329 e. The molecule has 0 saturated heterocycles. The van der Waals surface area contributed by atoms with E-state index in [1.165, 1.54) is 10.4 Å². The van der Waals surface area contributed by atoms with Crippen LogP contribution in [0.15, 0.2) is 71.6 Å². The molecule has 1 atom stereocenters. The Morgan fingerprint density at radius 1 is 0.971 bits per heavy atom. The lowest BCUT2D eigenvalue weighted by Gasteiger charge is -2.22. The second kappa shape index (κ2) is 7.78. The fraction of sp³-hybridized carbons (Fsp3) is 0.200. The number of aromatic nitrogens is 1. The van der Waals surface area contributed by atoms with Crippen LogP contribution in [0.4, 0.5) is 19.0 Å². The summed E-state index contributed by atoms with van der Waals surface area (Å²) in [6, 6.07) is 17.2. The van der Waals surface area contributed by atoms with Gasteiger partial charge in [0.25, 0.3) is 10.0 Å². The van der Waals surface area contributed by atoms with Gasteiger partial charge < -0.3 is 4.57 Å². The quantitative estimate of drug-likeness (QED) is 0.319. The van der Waals surface area contributed by atoms with Gasteiger partial charge in [0.2, 0.25) is 0 Å². The van der Waals surface area contributed by atoms with E-state index in [1.807, 2.05) is 19.1 Å². The van der Waals surface area contributed by atoms with Gasteiger partial charge in [-0.2, -0.15) is 13.2 Å². The SMILES string of the molecule is Cc1ccc(S(=O)(=O)N2CC(c3ccc(Cl)cc3)c3c2n(C)c2cc(C(F)(F)F)ccc32)cc1. The van der Waals surface area contributed by atoms with Crippen molar-refractivity contribution in [1.29, 1.82) is 0 Å². The van der Waals surface area contributed by atoms with Crippen molar-refractivity contribution < 1.29 is 21.6 Å². The monoisotopic (exact) mass is 504 g/mol. The van der Waals surface area contributed by atoms with Gasteiger partial charge in [-0.3, -0.25) is 4.31 Å². The van der Waals surface area contributed by atoms with Crippen LogP contribution in [0.2, 0.25) is 5.02 Å². The van der Waals surface area contributed by atoms with E-state index in [1.54, 1.807) is 48.0 Å². The number of aryl methyl sites for hydroxylation is 2. The Labute approximate surface area is 200 Å². The molecular formula is C25H20ClF3N2O2S. The summed E-state index contributed by atoms with van der Waals surface area (Å²) in [6.07, 6.45) is -4.51. The van der Waals surface area contributed by atoms with Crippen LogP contribution in [-0.2, 0) is 23.2 Å². The van der Waals surface area contributed by atoms with Crippen LogP contribution >= 0.6 is 11.6 Å². The molecule has 1 aromatic heterocycles. The first-order chi connectivity index (χ1) is 16.0. The number of rotatable bonds is 3. The molecule has 2 heterocycles. The molecule has 9 heteroatoms. The van der Waals surface area contributed by atoms with Crippen molar-refractivity contribution in [3.63, 3.8) is 0 Å². The van der Waals surface area contributed by atoms with E-state index in [9.17, 15) is 21.6 Å². The van der Waals surface area contributed by atoms with Gasteiger partial charge in [0.1, 0.15) is 5.82 Å². The number of anilines is 1. The Balaban J connectivity index is 1.76. The van der Waals surface area contributed by atoms with Crippen molar-refractivity contribution in [3.8, 4) is 0 Å². The van der Waals surface area contributed by atoms with E-state index < -0.39 is 21.8 Å². The number of hydrogen-bond acceptors (Lipinski definition) is 2. The van der Waals surface area contributed by atoms with Crippen LogP contribution in [-0.4, -0.2) is 19.5 Å². The Morgan fingerprint density at radius 2 is 1.62 bits per heavy atom. The molecule has 0 aliphatic carbocycles. The Bertz CT molecular complexity index is 1510. The first kappa shape index (κ1) is 22.8. The highest BCUT2D eigenvalue weighted by Crippen LogP contribution is 2.48. The Hall–Kier alpha value is -2.97. The first-order valence-corrected chi connectivity index (χ1v) is 12.3. The smallest absolute Gasteiger partial charge is 0.329 e. The third kappa shape index (κ3) is 3.56. The van der Waals surface area contributed by atoms with Crippen molar-refractivity contribution in [1.82, 2.24) is 4.57 Å². The fourth-order valence-corrected chi connectivity index (χ4v) is 6.29. The molecule has 176 valence electrons. The van der Waals surface area contributed by atoms with Gasteiger partial charge in [-0.25, -0.2) is 8.42 Å². The second-order valence-corrected chi connectivity index (χ2v) is 10.8. The van der Waals surface area contributed by atoms with Crippen LogP contribution in [0.5, 0.6) is 0 Å². The van der Waals surface area contributed by atoms with Crippen molar-refractivity contribution in [2.45, 2.75) is 23.9 Å². The summed E-state index contributed by atoms with van der Waals surface area (Å²) >= 11 is 6.05. The maximum absolute atomic E-state index is 13.7. The molecule has 4 nitrogen and oxygen atoms in total. The lowest BCUT2D eigenvalue weighted by Crippen LogP contribution is -2.31. The largest absolute Gasteiger partial charge is 0.416 e. The topological polar surface area (TPSA) is 42.3 Å². The predicted molar refractivity (Wildman–Crippen MR) is 127 cm³/mol. The minimum absolute atomic E-state index is 0.127. The van der Waals surface area contributed by atoms with Crippen LogP contribution in [0.3, 0.4) is 0 Å². The molecule has 4 aromatic rings. The molecule has 0 amide bonds. The second-order valence-electron chi connectivity index (χ2n) is 8.48. The summed E-state index contributed by atoms with van der Waals surface area (Å²) in [4.78, 5) is 0.127. The molecule has 1 aliphatic rings. The predicted octanol–water partition coefficient (Wildman–Crippen LogP) is 6.50. The lowest BCUT2D eigenvalue weighted by atomic mass is 9.92. The van der Waals surface area contributed by atoms with Crippen molar-refractivity contribution in [3.05, 3.63) is 94.0 Å². The van der Waals surface area contributed by atoms with Gasteiger partial charge in [-0.1, -0.05) is 47.5 Å². The van der Waals surface area contributed by atoms with Crippen LogP contribution < -0.4 is 4.31 Å². The molecule has 34 heavy (non-hydrogen) atoms. The summed E-state index contributed by atoms with van der Waals surface area (Å²) in [5.74, 6) is 0.00257.